The Bertz CT molecular complexity index is 298. The molecule has 2 nitrogen and oxygen atoms in total. The average molecular weight is 320 g/mol. The summed E-state index contributed by atoms with van der Waals surface area (Å²) in [4.78, 5) is 2.13. The van der Waals surface area contributed by atoms with Crippen molar-refractivity contribution in [2.75, 3.05) is 27.2 Å². The van der Waals surface area contributed by atoms with Crippen LogP contribution in [0.1, 0.15) is 5.56 Å². The third-order valence-electron chi connectivity index (χ3n) is 2.10. The number of rotatable bonds is 5. The Hall–Kier alpha value is 0.300. The number of nitrogens with zero attached hydrogens (tertiary/aromatic N) is 1. The summed E-state index contributed by atoms with van der Waals surface area (Å²) in [6.45, 7) is 2.64. The molecule has 100 valence electrons. The van der Waals surface area contributed by atoms with Gasteiger partial charge in [0.1, 0.15) is 0 Å². The van der Waals surface area contributed by atoms with E-state index >= 15 is 0 Å². The second-order valence-corrected chi connectivity index (χ2v) is 4.49. The fourth-order valence-corrected chi connectivity index (χ4v) is 1.75. The quantitative estimate of drug-likeness (QED) is 0.836. The first kappa shape index (κ1) is 19.6. The van der Waals surface area contributed by atoms with Gasteiger partial charge in [0, 0.05) is 35.2 Å². The molecule has 0 heterocycles. The highest BCUT2D eigenvalue weighted by Gasteiger charge is 2.03. The Kier molecular flexibility index (Phi) is 11.8. The van der Waals surface area contributed by atoms with E-state index in [9.17, 15) is 0 Å². The van der Waals surface area contributed by atoms with Gasteiger partial charge in [-0.2, -0.15) is 0 Å². The third-order valence-corrected chi connectivity index (χ3v) is 2.81. The van der Waals surface area contributed by atoms with Crippen molar-refractivity contribution < 1.29 is 0 Å². The molecule has 0 fully saturated rings. The maximum Gasteiger partial charge on any atom is 0.0465 e. The van der Waals surface area contributed by atoms with Gasteiger partial charge >= 0.3 is 0 Å². The summed E-state index contributed by atoms with van der Waals surface area (Å²) in [6.07, 6.45) is 0. The molecule has 0 saturated carbocycles. The van der Waals surface area contributed by atoms with E-state index in [2.05, 4.69) is 10.2 Å². The van der Waals surface area contributed by atoms with Crippen molar-refractivity contribution in [3.63, 3.8) is 0 Å². The van der Waals surface area contributed by atoms with Gasteiger partial charge in [0.05, 0.1) is 0 Å². The Labute approximate surface area is 125 Å². The van der Waals surface area contributed by atoms with E-state index in [-0.39, 0.29) is 24.8 Å². The van der Waals surface area contributed by atoms with Crippen molar-refractivity contribution >= 4 is 48.0 Å². The summed E-state index contributed by atoms with van der Waals surface area (Å²) >= 11 is 12.1. The maximum atomic E-state index is 6.04. The highest BCUT2D eigenvalue weighted by atomic mass is 35.5. The molecule has 0 atom stereocenters. The van der Waals surface area contributed by atoms with Crippen molar-refractivity contribution in [1.29, 1.82) is 0 Å². The summed E-state index contributed by atoms with van der Waals surface area (Å²) in [6, 6.07) is 5.57. The molecule has 0 aromatic heterocycles. The first-order valence-electron chi connectivity index (χ1n) is 4.89. The van der Waals surface area contributed by atoms with Crippen LogP contribution in [0, 0.1) is 0 Å². The normalized spacial score (nSPS) is 9.71. The van der Waals surface area contributed by atoms with E-state index < -0.39 is 0 Å². The van der Waals surface area contributed by atoms with Crippen LogP contribution in [0.3, 0.4) is 0 Å². The highest BCUT2D eigenvalue weighted by molar-refractivity contribution is 6.35. The summed E-state index contributed by atoms with van der Waals surface area (Å²) in [5.41, 5.74) is 0.972. The smallest absolute Gasteiger partial charge is 0.0465 e. The molecule has 0 aliphatic carbocycles. The molecule has 6 heteroatoms. The topological polar surface area (TPSA) is 15.3 Å². The highest BCUT2D eigenvalue weighted by Crippen LogP contribution is 2.23. The SMILES string of the molecule is CN(C)CCNCc1c(Cl)cccc1Cl.Cl.Cl. The predicted octanol–water partition coefficient (Wildman–Crippen LogP) is 3.49. The minimum atomic E-state index is 0. The molecule has 0 radical (unpaired) electrons. The monoisotopic (exact) mass is 318 g/mol. The molecular formula is C11H18Cl4N2. The van der Waals surface area contributed by atoms with Crippen molar-refractivity contribution in [3.05, 3.63) is 33.8 Å². The van der Waals surface area contributed by atoms with Gasteiger partial charge < -0.3 is 10.2 Å². The molecular weight excluding hydrogens is 302 g/mol. The number of hydrogen-bond donors (Lipinski definition) is 1. The Balaban J connectivity index is 0. The number of hydrogen-bond acceptors (Lipinski definition) is 2. The molecule has 1 rings (SSSR count). The minimum Gasteiger partial charge on any atom is -0.311 e. The van der Waals surface area contributed by atoms with Gasteiger partial charge in [-0.05, 0) is 26.2 Å². The van der Waals surface area contributed by atoms with Crippen molar-refractivity contribution in [2.24, 2.45) is 0 Å². The first-order chi connectivity index (χ1) is 7.11. The number of halogens is 4. The Morgan fingerprint density at radius 2 is 1.65 bits per heavy atom. The van der Waals surface area contributed by atoms with E-state index in [0.717, 1.165) is 28.7 Å². The molecule has 17 heavy (non-hydrogen) atoms. The van der Waals surface area contributed by atoms with E-state index in [0.29, 0.717) is 6.54 Å². The first-order valence-corrected chi connectivity index (χ1v) is 5.65. The molecule has 0 unspecified atom stereocenters. The largest absolute Gasteiger partial charge is 0.311 e. The van der Waals surface area contributed by atoms with E-state index in [1.807, 2.05) is 32.3 Å². The fraction of sp³-hybridized carbons (Fsp3) is 0.455. The van der Waals surface area contributed by atoms with E-state index in [1.165, 1.54) is 0 Å². The lowest BCUT2D eigenvalue weighted by molar-refractivity contribution is 0.400. The van der Waals surface area contributed by atoms with Gasteiger partial charge in [-0.15, -0.1) is 24.8 Å². The lowest BCUT2D eigenvalue weighted by Crippen LogP contribution is -2.26. The van der Waals surface area contributed by atoms with Gasteiger partial charge in [-0.3, -0.25) is 0 Å². The van der Waals surface area contributed by atoms with Crippen LogP contribution in [0.2, 0.25) is 10.0 Å². The van der Waals surface area contributed by atoms with Gasteiger partial charge in [-0.1, -0.05) is 29.3 Å². The van der Waals surface area contributed by atoms with Crippen LogP contribution < -0.4 is 5.32 Å². The van der Waals surface area contributed by atoms with Gasteiger partial charge in [0.25, 0.3) is 0 Å². The zero-order valence-corrected chi connectivity index (χ0v) is 13.0. The molecule has 0 bridgehead atoms. The van der Waals surface area contributed by atoms with Gasteiger partial charge in [0.2, 0.25) is 0 Å². The zero-order chi connectivity index (χ0) is 11.3. The second-order valence-electron chi connectivity index (χ2n) is 3.68. The summed E-state index contributed by atoms with van der Waals surface area (Å²) in [5, 5.41) is 4.75. The van der Waals surface area contributed by atoms with E-state index in [1.54, 1.807) is 0 Å². The summed E-state index contributed by atoms with van der Waals surface area (Å²) in [5.74, 6) is 0. The molecule has 0 spiro atoms. The van der Waals surface area contributed by atoms with Crippen molar-refractivity contribution in [3.8, 4) is 0 Å². The second kappa shape index (κ2) is 10.2. The molecule has 0 amide bonds. The lowest BCUT2D eigenvalue weighted by Gasteiger charge is -2.11. The molecule has 0 aliphatic rings. The standard InChI is InChI=1S/C11H16Cl2N2.2ClH/c1-15(2)7-6-14-8-9-10(12)4-3-5-11(9)13;;/h3-5,14H,6-8H2,1-2H3;2*1H. The van der Waals surface area contributed by atoms with Crippen LogP contribution in [-0.4, -0.2) is 32.1 Å². The van der Waals surface area contributed by atoms with Crippen molar-refractivity contribution in [1.82, 2.24) is 10.2 Å². The molecule has 1 N–H and O–H groups in total. The zero-order valence-electron chi connectivity index (χ0n) is 9.87. The molecule has 0 saturated heterocycles. The summed E-state index contributed by atoms with van der Waals surface area (Å²) in [7, 11) is 4.09. The average Bonchev–Trinajstić information content (AvgIpc) is 2.15. The van der Waals surface area contributed by atoms with E-state index in [4.69, 9.17) is 23.2 Å². The maximum absolute atomic E-state index is 6.04. The Morgan fingerprint density at radius 1 is 1.12 bits per heavy atom. The van der Waals surface area contributed by atoms with Crippen molar-refractivity contribution in [2.45, 2.75) is 6.54 Å². The molecule has 1 aromatic carbocycles. The number of likely N-dealkylation sites (N-methyl/N-ethyl adjacent to an activating group) is 1. The van der Waals surface area contributed by atoms with Crippen LogP contribution in [0.5, 0.6) is 0 Å². The van der Waals surface area contributed by atoms with Crippen LogP contribution in [-0.2, 0) is 6.54 Å². The fourth-order valence-electron chi connectivity index (χ4n) is 1.22. The van der Waals surface area contributed by atoms with Crippen LogP contribution in [0.15, 0.2) is 18.2 Å². The molecule has 1 aromatic rings. The van der Waals surface area contributed by atoms with Gasteiger partial charge in [-0.25, -0.2) is 0 Å². The van der Waals surface area contributed by atoms with Crippen LogP contribution in [0.25, 0.3) is 0 Å². The van der Waals surface area contributed by atoms with Gasteiger partial charge in [0.15, 0.2) is 0 Å². The minimum absolute atomic E-state index is 0. The third kappa shape index (κ3) is 7.35. The Morgan fingerprint density at radius 3 is 2.12 bits per heavy atom. The summed E-state index contributed by atoms with van der Waals surface area (Å²) < 4.78 is 0. The van der Waals surface area contributed by atoms with Crippen LogP contribution in [0.4, 0.5) is 0 Å². The number of benzene rings is 1. The predicted molar refractivity (Wildman–Crippen MR) is 81.2 cm³/mol. The number of nitrogens with one attached hydrogen (secondary N) is 1. The van der Waals surface area contributed by atoms with Crippen LogP contribution >= 0.6 is 48.0 Å². The lowest BCUT2D eigenvalue weighted by atomic mass is 10.2. The molecule has 0 aliphatic heterocycles.